The number of hydrogen-bond donors (Lipinski definition) is 0. The third kappa shape index (κ3) is 3.11. The van der Waals surface area contributed by atoms with Crippen molar-refractivity contribution >= 4 is 0 Å². The molecule has 0 spiro atoms. The van der Waals surface area contributed by atoms with Crippen LogP contribution in [0, 0.1) is 11.3 Å². The second-order valence-electron chi connectivity index (χ2n) is 2.46. The Morgan fingerprint density at radius 1 is 1.38 bits per heavy atom. The zero-order chi connectivity index (χ0) is 9.90. The van der Waals surface area contributed by atoms with Crippen LogP contribution in [0.15, 0.2) is 18.3 Å². The quantitative estimate of drug-likeness (QED) is 0.673. The van der Waals surface area contributed by atoms with Crippen LogP contribution in [0.25, 0.3) is 0 Å². The highest BCUT2D eigenvalue weighted by atomic mass is 19.4. The average Bonchev–Trinajstić information content (AvgIpc) is 2.03. The maximum atomic E-state index is 11.8. The van der Waals surface area contributed by atoms with Crippen molar-refractivity contribution in [1.29, 1.82) is 5.26 Å². The molecule has 0 aromatic carbocycles. The van der Waals surface area contributed by atoms with Crippen molar-refractivity contribution in [3.63, 3.8) is 0 Å². The van der Waals surface area contributed by atoms with Crippen molar-refractivity contribution in [3.05, 3.63) is 29.6 Å². The molecule has 0 aliphatic carbocycles. The lowest BCUT2D eigenvalue weighted by molar-refractivity contribution is -0.127. The molecule has 2 nitrogen and oxygen atoms in total. The van der Waals surface area contributed by atoms with Crippen molar-refractivity contribution in [3.8, 4) is 6.07 Å². The van der Waals surface area contributed by atoms with Crippen molar-refractivity contribution in [2.24, 2.45) is 0 Å². The van der Waals surface area contributed by atoms with Crippen molar-refractivity contribution < 1.29 is 13.2 Å². The SMILES string of the molecule is N#Cc1ccc(CC(F)(F)F)cn1. The Balaban J connectivity index is 2.77. The summed E-state index contributed by atoms with van der Waals surface area (Å²) in [4.78, 5) is 3.52. The van der Waals surface area contributed by atoms with Gasteiger partial charge in [-0.3, -0.25) is 0 Å². The van der Waals surface area contributed by atoms with Crippen molar-refractivity contribution in [2.45, 2.75) is 12.6 Å². The normalized spacial score (nSPS) is 10.9. The third-order valence-electron chi connectivity index (χ3n) is 1.34. The first-order chi connectivity index (χ1) is 6.01. The lowest BCUT2D eigenvalue weighted by Crippen LogP contribution is -2.11. The Bertz CT molecular complexity index is 321. The van der Waals surface area contributed by atoms with Gasteiger partial charge in [-0.1, -0.05) is 6.07 Å². The fraction of sp³-hybridized carbons (Fsp3) is 0.250. The van der Waals surface area contributed by atoms with E-state index in [-0.39, 0.29) is 11.3 Å². The van der Waals surface area contributed by atoms with Crippen molar-refractivity contribution in [2.75, 3.05) is 0 Å². The molecule has 0 N–H and O–H groups in total. The Kier molecular flexibility index (Phi) is 2.52. The molecule has 0 saturated carbocycles. The summed E-state index contributed by atoms with van der Waals surface area (Å²) in [5.74, 6) is 0. The van der Waals surface area contributed by atoms with Crippen LogP contribution in [0.1, 0.15) is 11.3 Å². The molecule has 0 radical (unpaired) electrons. The van der Waals surface area contributed by atoms with Gasteiger partial charge in [0.1, 0.15) is 11.8 Å². The van der Waals surface area contributed by atoms with Gasteiger partial charge >= 0.3 is 6.18 Å². The molecule has 0 bridgehead atoms. The van der Waals surface area contributed by atoms with Gasteiger partial charge in [0.05, 0.1) is 6.42 Å². The van der Waals surface area contributed by atoms with E-state index in [1.807, 2.05) is 0 Å². The highest BCUT2D eigenvalue weighted by molar-refractivity contribution is 5.23. The lowest BCUT2D eigenvalue weighted by atomic mass is 10.2. The molecule has 0 amide bonds. The van der Waals surface area contributed by atoms with E-state index < -0.39 is 12.6 Å². The number of aromatic nitrogens is 1. The van der Waals surface area contributed by atoms with Gasteiger partial charge in [-0.2, -0.15) is 18.4 Å². The minimum absolute atomic E-state index is 0.0616. The van der Waals surface area contributed by atoms with Crippen LogP contribution in [0.2, 0.25) is 0 Å². The van der Waals surface area contributed by atoms with E-state index in [4.69, 9.17) is 5.26 Å². The molecule has 1 heterocycles. The monoisotopic (exact) mass is 186 g/mol. The fourth-order valence-corrected chi connectivity index (χ4v) is 0.827. The molecule has 1 aromatic rings. The number of rotatable bonds is 1. The topological polar surface area (TPSA) is 36.7 Å². The Morgan fingerprint density at radius 2 is 2.08 bits per heavy atom. The fourth-order valence-electron chi connectivity index (χ4n) is 0.827. The summed E-state index contributed by atoms with van der Waals surface area (Å²) in [6.45, 7) is 0. The summed E-state index contributed by atoms with van der Waals surface area (Å²) in [5.41, 5.74) is 0.178. The molecular formula is C8H5F3N2. The van der Waals surface area contributed by atoms with Gasteiger partial charge in [0.2, 0.25) is 0 Å². The summed E-state index contributed by atoms with van der Waals surface area (Å²) < 4.78 is 35.5. The van der Waals surface area contributed by atoms with Gasteiger partial charge in [0.25, 0.3) is 0 Å². The summed E-state index contributed by atoms with van der Waals surface area (Å²) in [6, 6.07) is 4.24. The number of nitriles is 1. The van der Waals surface area contributed by atoms with Gasteiger partial charge in [-0.25, -0.2) is 4.98 Å². The summed E-state index contributed by atoms with van der Waals surface area (Å²) in [6.07, 6.45) is -4.17. The van der Waals surface area contributed by atoms with Gasteiger partial charge in [-0.15, -0.1) is 0 Å². The molecule has 0 fully saturated rings. The van der Waals surface area contributed by atoms with E-state index in [0.717, 1.165) is 6.20 Å². The summed E-state index contributed by atoms with van der Waals surface area (Å²) in [5, 5.41) is 8.33. The molecule has 0 aliphatic rings. The molecule has 1 rings (SSSR count). The second-order valence-corrected chi connectivity index (χ2v) is 2.46. The maximum Gasteiger partial charge on any atom is 0.393 e. The van der Waals surface area contributed by atoms with Crippen LogP contribution in [-0.4, -0.2) is 11.2 Å². The minimum atomic E-state index is -4.23. The van der Waals surface area contributed by atoms with Crippen LogP contribution >= 0.6 is 0 Å². The zero-order valence-corrected chi connectivity index (χ0v) is 6.47. The number of hydrogen-bond acceptors (Lipinski definition) is 2. The standard InChI is InChI=1S/C8H5F3N2/c9-8(10,11)3-6-1-2-7(4-12)13-5-6/h1-2,5H,3H2. The number of nitrogens with zero attached hydrogens (tertiary/aromatic N) is 2. The Morgan fingerprint density at radius 3 is 2.46 bits per heavy atom. The largest absolute Gasteiger partial charge is 0.393 e. The van der Waals surface area contributed by atoms with Crippen LogP contribution in [0.5, 0.6) is 0 Å². The van der Waals surface area contributed by atoms with E-state index >= 15 is 0 Å². The highest BCUT2D eigenvalue weighted by Gasteiger charge is 2.27. The first kappa shape index (κ1) is 9.52. The van der Waals surface area contributed by atoms with E-state index in [2.05, 4.69) is 4.98 Å². The van der Waals surface area contributed by atoms with Crippen LogP contribution in [-0.2, 0) is 6.42 Å². The molecule has 1 aromatic heterocycles. The van der Waals surface area contributed by atoms with Gasteiger partial charge in [-0.05, 0) is 11.6 Å². The smallest absolute Gasteiger partial charge is 0.245 e. The van der Waals surface area contributed by atoms with Gasteiger partial charge < -0.3 is 0 Å². The van der Waals surface area contributed by atoms with Crippen molar-refractivity contribution in [1.82, 2.24) is 4.98 Å². The molecular weight excluding hydrogens is 181 g/mol. The number of halogens is 3. The van der Waals surface area contributed by atoms with E-state index in [9.17, 15) is 13.2 Å². The Labute approximate surface area is 72.6 Å². The summed E-state index contributed by atoms with van der Waals surface area (Å²) >= 11 is 0. The first-order valence-corrected chi connectivity index (χ1v) is 3.43. The van der Waals surface area contributed by atoms with Crippen LogP contribution < -0.4 is 0 Å². The number of pyridine rings is 1. The predicted octanol–water partition coefficient (Wildman–Crippen LogP) is 2.06. The zero-order valence-electron chi connectivity index (χ0n) is 6.47. The first-order valence-electron chi connectivity index (χ1n) is 3.43. The lowest BCUT2D eigenvalue weighted by Gasteiger charge is -2.04. The molecule has 0 aliphatic heterocycles. The van der Waals surface area contributed by atoms with Gasteiger partial charge in [0, 0.05) is 6.20 Å². The van der Waals surface area contributed by atoms with E-state index in [0.29, 0.717) is 0 Å². The number of alkyl halides is 3. The molecule has 13 heavy (non-hydrogen) atoms. The second kappa shape index (κ2) is 3.44. The van der Waals surface area contributed by atoms with Gasteiger partial charge in [0.15, 0.2) is 0 Å². The third-order valence-corrected chi connectivity index (χ3v) is 1.34. The minimum Gasteiger partial charge on any atom is -0.245 e. The van der Waals surface area contributed by atoms with Crippen LogP contribution in [0.3, 0.4) is 0 Å². The molecule has 0 unspecified atom stereocenters. The predicted molar refractivity (Wildman–Crippen MR) is 38.7 cm³/mol. The van der Waals surface area contributed by atoms with E-state index in [1.54, 1.807) is 6.07 Å². The maximum absolute atomic E-state index is 11.8. The molecule has 0 saturated heterocycles. The van der Waals surface area contributed by atoms with E-state index in [1.165, 1.54) is 12.1 Å². The average molecular weight is 186 g/mol. The summed E-state index contributed by atoms with van der Waals surface area (Å²) in [7, 11) is 0. The van der Waals surface area contributed by atoms with Crippen LogP contribution in [0.4, 0.5) is 13.2 Å². The Hall–Kier alpha value is -1.57. The molecule has 68 valence electrons. The molecule has 0 atom stereocenters. The molecule has 5 heteroatoms. The highest BCUT2D eigenvalue weighted by Crippen LogP contribution is 2.20.